The molecule has 1 aliphatic rings. The second-order valence-electron chi connectivity index (χ2n) is 5.56. The van der Waals surface area contributed by atoms with Crippen LogP contribution in [0.15, 0.2) is 41.1 Å². The number of amides is 1. The van der Waals surface area contributed by atoms with Gasteiger partial charge in [0, 0.05) is 35.6 Å². The van der Waals surface area contributed by atoms with E-state index >= 15 is 0 Å². The number of rotatable bonds is 3. The molecule has 1 N–H and O–H groups in total. The third-order valence-electron chi connectivity index (χ3n) is 3.87. The van der Waals surface area contributed by atoms with E-state index in [1.807, 2.05) is 0 Å². The minimum atomic E-state index is -0.316. The number of halogens is 2. The number of hydrogen-bond donors (Lipinski definition) is 1. The van der Waals surface area contributed by atoms with Crippen LogP contribution in [0, 0.1) is 5.82 Å². The number of hydrogen-bond acceptors (Lipinski definition) is 3. The molecule has 1 aliphatic heterocycles. The molecule has 1 aromatic carbocycles. The summed E-state index contributed by atoms with van der Waals surface area (Å²) in [5.41, 5.74) is 1.46. The molecule has 0 saturated carbocycles. The average Bonchev–Trinajstić information content (AvgIpc) is 2.56. The minimum Gasteiger partial charge on any atom is -0.369 e. The number of carbonyl (C=O) groups excluding carboxylic acids is 1. The van der Waals surface area contributed by atoms with Crippen LogP contribution in [0.4, 0.5) is 15.8 Å². The summed E-state index contributed by atoms with van der Waals surface area (Å²) in [5, 5.41) is 2.70. The molecule has 1 saturated heterocycles. The number of anilines is 2. The Balaban J connectivity index is 1.73. The van der Waals surface area contributed by atoms with E-state index in [1.165, 1.54) is 18.7 Å². The summed E-state index contributed by atoms with van der Waals surface area (Å²) in [6, 6.07) is 6.50. The molecular weight excluding hydrogens is 361 g/mol. The van der Waals surface area contributed by atoms with Crippen molar-refractivity contribution in [3.05, 3.63) is 52.5 Å². The highest BCUT2D eigenvalue weighted by molar-refractivity contribution is 9.10. The molecule has 0 spiro atoms. The Hall–Kier alpha value is -1.95. The molecule has 0 unspecified atom stereocenters. The number of nitrogens with zero attached hydrogens (tertiary/aromatic N) is 2. The van der Waals surface area contributed by atoms with Crippen molar-refractivity contribution in [1.29, 1.82) is 0 Å². The number of pyridine rings is 1. The van der Waals surface area contributed by atoms with E-state index in [-0.39, 0.29) is 11.7 Å². The highest BCUT2D eigenvalue weighted by Crippen LogP contribution is 2.26. The molecule has 3 rings (SSSR count). The largest absolute Gasteiger partial charge is 0.369 e. The highest BCUT2D eigenvalue weighted by Gasteiger charge is 2.15. The molecule has 2 aromatic rings. The van der Waals surface area contributed by atoms with Crippen molar-refractivity contribution in [2.45, 2.75) is 19.3 Å². The van der Waals surface area contributed by atoms with Gasteiger partial charge in [0.1, 0.15) is 5.82 Å². The minimum absolute atomic E-state index is 0.308. The van der Waals surface area contributed by atoms with Crippen molar-refractivity contribution in [2.75, 3.05) is 23.3 Å². The van der Waals surface area contributed by atoms with Gasteiger partial charge in [-0.25, -0.2) is 4.39 Å². The van der Waals surface area contributed by atoms with Crippen LogP contribution in [0.2, 0.25) is 0 Å². The molecule has 6 heteroatoms. The maximum atomic E-state index is 14.3. The Morgan fingerprint density at radius 1 is 1.17 bits per heavy atom. The van der Waals surface area contributed by atoms with Crippen LogP contribution in [-0.2, 0) is 0 Å². The zero-order valence-corrected chi connectivity index (χ0v) is 14.1. The van der Waals surface area contributed by atoms with Gasteiger partial charge in [-0.3, -0.25) is 9.78 Å². The average molecular weight is 378 g/mol. The van der Waals surface area contributed by atoms with Crippen LogP contribution in [0.25, 0.3) is 0 Å². The van der Waals surface area contributed by atoms with E-state index in [1.54, 1.807) is 24.4 Å². The van der Waals surface area contributed by atoms with Gasteiger partial charge >= 0.3 is 0 Å². The summed E-state index contributed by atoms with van der Waals surface area (Å²) in [6.45, 7) is 1.76. The van der Waals surface area contributed by atoms with Gasteiger partial charge in [0.15, 0.2) is 0 Å². The van der Waals surface area contributed by atoms with Gasteiger partial charge in [0.2, 0.25) is 0 Å². The fourth-order valence-electron chi connectivity index (χ4n) is 2.72. The first-order chi connectivity index (χ1) is 11.1. The number of aromatic nitrogens is 1. The Morgan fingerprint density at radius 2 is 1.96 bits per heavy atom. The van der Waals surface area contributed by atoms with Crippen LogP contribution in [0.3, 0.4) is 0 Å². The van der Waals surface area contributed by atoms with E-state index in [0.29, 0.717) is 16.9 Å². The first-order valence-electron chi connectivity index (χ1n) is 7.60. The van der Waals surface area contributed by atoms with Crippen LogP contribution in [0.5, 0.6) is 0 Å². The first-order valence-corrected chi connectivity index (χ1v) is 8.39. The zero-order valence-electron chi connectivity index (χ0n) is 12.6. The molecule has 0 atom stereocenters. The lowest BCUT2D eigenvalue weighted by atomic mass is 10.1. The summed E-state index contributed by atoms with van der Waals surface area (Å²) < 4.78 is 15.1. The van der Waals surface area contributed by atoms with E-state index in [0.717, 1.165) is 30.4 Å². The van der Waals surface area contributed by atoms with Crippen LogP contribution >= 0.6 is 15.9 Å². The number of carbonyl (C=O) groups is 1. The van der Waals surface area contributed by atoms with Crippen LogP contribution < -0.4 is 10.2 Å². The molecule has 1 aromatic heterocycles. The van der Waals surface area contributed by atoms with Gasteiger partial charge in [-0.05, 0) is 59.5 Å². The fraction of sp³-hybridized carbons (Fsp3) is 0.294. The van der Waals surface area contributed by atoms with Gasteiger partial charge in [0.05, 0.1) is 11.3 Å². The lowest BCUT2D eigenvalue weighted by molar-refractivity contribution is 0.102. The summed E-state index contributed by atoms with van der Waals surface area (Å²) in [7, 11) is 0. The molecule has 1 fully saturated rings. The van der Waals surface area contributed by atoms with Crippen LogP contribution in [0.1, 0.15) is 29.6 Å². The Morgan fingerprint density at radius 3 is 2.65 bits per heavy atom. The molecule has 0 bridgehead atoms. The van der Waals surface area contributed by atoms with Gasteiger partial charge in [-0.15, -0.1) is 0 Å². The monoisotopic (exact) mass is 377 g/mol. The van der Waals surface area contributed by atoms with Crippen molar-refractivity contribution in [3.8, 4) is 0 Å². The second kappa shape index (κ2) is 7.08. The van der Waals surface area contributed by atoms with Gasteiger partial charge in [-0.1, -0.05) is 0 Å². The number of nitrogens with one attached hydrogen (secondary N) is 1. The SMILES string of the molecule is O=C(Nc1ccc(N2CCCCC2)c(F)c1)c1cncc(Br)c1. The third-order valence-corrected chi connectivity index (χ3v) is 4.30. The fourth-order valence-corrected chi connectivity index (χ4v) is 3.08. The lowest BCUT2D eigenvalue weighted by Crippen LogP contribution is -2.30. The normalized spacial score (nSPS) is 14.6. The summed E-state index contributed by atoms with van der Waals surface area (Å²) in [6.07, 6.45) is 6.46. The summed E-state index contributed by atoms with van der Waals surface area (Å²) >= 11 is 3.27. The highest BCUT2D eigenvalue weighted by atomic mass is 79.9. The second-order valence-corrected chi connectivity index (χ2v) is 6.48. The van der Waals surface area contributed by atoms with Crippen molar-refractivity contribution >= 4 is 33.2 Å². The molecule has 1 amide bonds. The first kappa shape index (κ1) is 15.9. The Bertz CT molecular complexity index is 717. The van der Waals surface area contributed by atoms with Crippen molar-refractivity contribution < 1.29 is 9.18 Å². The molecule has 23 heavy (non-hydrogen) atoms. The van der Waals surface area contributed by atoms with Gasteiger partial charge in [0.25, 0.3) is 5.91 Å². The standard InChI is InChI=1S/C17H17BrFN3O/c18-13-8-12(10-20-11-13)17(23)21-14-4-5-16(15(19)9-14)22-6-2-1-3-7-22/h4-5,8-11H,1-3,6-7H2,(H,21,23). The summed E-state index contributed by atoms with van der Waals surface area (Å²) in [5.74, 6) is -0.624. The van der Waals surface area contributed by atoms with Crippen molar-refractivity contribution in [2.24, 2.45) is 0 Å². The van der Waals surface area contributed by atoms with E-state index in [2.05, 4.69) is 31.1 Å². The van der Waals surface area contributed by atoms with E-state index < -0.39 is 0 Å². The van der Waals surface area contributed by atoms with E-state index in [9.17, 15) is 9.18 Å². The summed E-state index contributed by atoms with van der Waals surface area (Å²) in [4.78, 5) is 18.2. The topological polar surface area (TPSA) is 45.2 Å². The number of benzene rings is 1. The smallest absolute Gasteiger partial charge is 0.257 e. The van der Waals surface area contributed by atoms with Crippen molar-refractivity contribution in [3.63, 3.8) is 0 Å². The molecule has 0 radical (unpaired) electrons. The molecule has 120 valence electrons. The van der Waals surface area contributed by atoms with Crippen molar-refractivity contribution in [1.82, 2.24) is 4.98 Å². The maximum absolute atomic E-state index is 14.3. The molecule has 4 nitrogen and oxygen atoms in total. The third kappa shape index (κ3) is 3.88. The van der Waals surface area contributed by atoms with Gasteiger partial charge < -0.3 is 10.2 Å². The van der Waals surface area contributed by atoms with Crippen LogP contribution in [-0.4, -0.2) is 24.0 Å². The molecular formula is C17H17BrFN3O. The Labute approximate surface area is 142 Å². The predicted octanol–water partition coefficient (Wildman–Crippen LogP) is 4.23. The molecule has 2 heterocycles. The zero-order chi connectivity index (χ0) is 16.2. The van der Waals surface area contributed by atoms with Gasteiger partial charge in [-0.2, -0.15) is 0 Å². The van der Waals surface area contributed by atoms with E-state index in [4.69, 9.17) is 0 Å². The predicted molar refractivity (Wildman–Crippen MR) is 92.4 cm³/mol. The Kier molecular flexibility index (Phi) is 4.91. The molecule has 0 aliphatic carbocycles. The quantitative estimate of drug-likeness (QED) is 0.870. The maximum Gasteiger partial charge on any atom is 0.257 e. The number of piperidine rings is 1. The lowest BCUT2D eigenvalue weighted by Gasteiger charge is -2.29.